The maximum absolute atomic E-state index is 2.53. The Balaban J connectivity index is 1.99. The molecule has 0 radical (unpaired) electrons. The third-order valence-corrected chi connectivity index (χ3v) is 4.50. The van der Waals surface area contributed by atoms with Gasteiger partial charge in [-0.1, -0.05) is 43.3 Å². The second-order valence-electron chi connectivity index (χ2n) is 6.21. The molecule has 0 aromatic heterocycles. The smallest absolute Gasteiger partial charge is 0.0449 e. The summed E-state index contributed by atoms with van der Waals surface area (Å²) < 4.78 is 0. The zero-order valence-corrected chi connectivity index (χ0v) is 13.2. The molecule has 0 saturated heterocycles. The monoisotopic (exact) mass is 280 g/mol. The highest BCUT2D eigenvalue weighted by molar-refractivity contribution is 5.72. The molecule has 0 saturated carbocycles. The van der Waals surface area contributed by atoms with E-state index in [1.165, 1.54) is 23.4 Å². The van der Waals surface area contributed by atoms with Gasteiger partial charge < -0.3 is 9.80 Å². The molecule has 1 aliphatic heterocycles. The van der Waals surface area contributed by atoms with Crippen LogP contribution in [0.1, 0.15) is 24.8 Å². The third kappa shape index (κ3) is 2.68. The van der Waals surface area contributed by atoms with Crippen LogP contribution in [-0.4, -0.2) is 31.6 Å². The summed E-state index contributed by atoms with van der Waals surface area (Å²) in [5.74, 6) is 0.571. The van der Waals surface area contributed by atoms with Crippen molar-refractivity contribution in [3.8, 4) is 0 Å². The lowest BCUT2D eigenvalue weighted by Gasteiger charge is -2.30. The molecule has 21 heavy (non-hydrogen) atoms. The lowest BCUT2D eigenvalue weighted by Crippen LogP contribution is -2.32. The Morgan fingerprint density at radius 2 is 1.62 bits per heavy atom. The highest BCUT2D eigenvalue weighted by Gasteiger charge is 2.35. The molecule has 2 aromatic rings. The molecule has 0 unspecified atom stereocenters. The Bertz CT molecular complexity index is 592. The molecule has 0 bridgehead atoms. The molecule has 1 aliphatic rings. The molecule has 2 nitrogen and oxygen atoms in total. The number of fused-ring (bicyclic) bond motifs is 1. The first-order valence-electron chi connectivity index (χ1n) is 7.76. The summed E-state index contributed by atoms with van der Waals surface area (Å²) in [6, 6.07) is 20.2. The second kappa shape index (κ2) is 5.90. The van der Waals surface area contributed by atoms with Crippen molar-refractivity contribution in [2.45, 2.75) is 25.3 Å². The Morgan fingerprint density at radius 3 is 2.33 bits per heavy atom. The summed E-state index contributed by atoms with van der Waals surface area (Å²) in [5.41, 5.74) is 4.16. The standard InChI is InChI=1S/C19H24N2/c1-15-17-11-7-8-12-19(17)21(16-9-5-4-6-10-16)18(15)13-14-20(2)3/h4-12,15,18H,13-14H2,1-3H3/t15-,18+/m1/s1. The molecule has 3 rings (SSSR count). The second-order valence-corrected chi connectivity index (χ2v) is 6.21. The van der Waals surface area contributed by atoms with Crippen LogP contribution in [-0.2, 0) is 0 Å². The van der Waals surface area contributed by atoms with Crippen molar-refractivity contribution in [1.29, 1.82) is 0 Å². The summed E-state index contributed by atoms with van der Waals surface area (Å²) in [5, 5.41) is 0. The van der Waals surface area contributed by atoms with Gasteiger partial charge in [-0.25, -0.2) is 0 Å². The lowest BCUT2D eigenvalue weighted by molar-refractivity contribution is 0.372. The van der Waals surface area contributed by atoms with E-state index in [-0.39, 0.29) is 0 Å². The highest BCUT2D eigenvalue weighted by atomic mass is 15.2. The molecule has 0 amide bonds. The van der Waals surface area contributed by atoms with Crippen LogP contribution in [0.3, 0.4) is 0 Å². The van der Waals surface area contributed by atoms with E-state index in [1.54, 1.807) is 0 Å². The summed E-state index contributed by atoms with van der Waals surface area (Å²) in [4.78, 5) is 4.81. The van der Waals surface area contributed by atoms with Crippen LogP contribution in [0.2, 0.25) is 0 Å². The van der Waals surface area contributed by atoms with Crippen LogP contribution in [0.15, 0.2) is 54.6 Å². The number of anilines is 2. The van der Waals surface area contributed by atoms with Gasteiger partial charge in [0.25, 0.3) is 0 Å². The fraction of sp³-hybridized carbons (Fsp3) is 0.368. The number of para-hydroxylation sites is 2. The molecule has 1 heterocycles. The Morgan fingerprint density at radius 1 is 0.952 bits per heavy atom. The molecule has 2 heteroatoms. The van der Waals surface area contributed by atoms with E-state index in [0.29, 0.717) is 12.0 Å². The largest absolute Gasteiger partial charge is 0.337 e. The predicted octanol–water partition coefficient (Wildman–Crippen LogP) is 4.26. The summed E-state index contributed by atoms with van der Waals surface area (Å²) in [6.45, 7) is 3.48. The van der Waals surface area contributed by atoms with Gasteiger partial charge in [0.2, 0.25) is 0 Å². The Kier molecular flexibility index (Phi) is 3.98. The van der Waals surface area contributed by atoms with Crippen molar-refractivity contribution in [2.75, 3.05) is 25.5 Å². The topological polar surface area (TPSA) is 6.48 Å². The number of rotatable bonds is 4. The molecule has 110 valence electrons. The van der Waals surface area contributed by atoms with Crippen LogP contribution < -0.4 is 4.90 Å². The van der Waals surface area contributed by atoms with Crippen molar-refractivity contribution < 1.29 is 0 Å². The Labute approximate surface area is 128 Å². The quantitative estimate of drug-likeness (QED) is 0.825. The van der Waals surface area contributed by atoms with Crippen LogP contribution in [0.25, 0.3) is 0 Å². The molecule has 0 fully saturated rings. The van der Waals surface area contributed by atoms with E-state index in [1.807, 2.05) is 0 Å². The lowest BCUT2D eigenvalue weighted by atomic mass is 9.95. The molecule has 2 aromatic carbocycles. The number of hydrogen-bond donors (Lipinski definition) is 0. The Hall–Kier alpha value is -1.80. The maximum Gasteiger partial charge on any atom is 0.0449 e. The van der Waals surface area contributed by atoms with E-state index < -0.39 is 0 Å². The molecular formula is C19H24N2. The van der Waals surface area contributed by atoms with Crippen LogP contribution >= 0.6 is 0 Å². The normalized spacial score (nSPS) is 20.9. The van der Waals surface area contributed by atoms with Gasteiger partial charge in [-0.15, -0.1) is 0 Å². The first-order chi connectivity index (χ1) is 10.2. The van der Waals surface area contributed by atoms with Gasteiger partial charge in [-0.3, -0.25) is 0 Å². The highest BCUT2D eigenvalue weighted by Crippen LogP contribution is 2.45. The minimum atomic E-state index is 0.534. The molecule has 0 spiro atoms. The molecule has 0 aliphatic carbocycles. The SMILES string of the molecule is C[C@@H]1c2ccccc2N(c2ccccc2)[C@H]1CCN(C)C. The van der Waals surface area contributed by atoms with Gasteiger partial charge in [-0.2, -0.15) is 0 Å². The predicted molar refractivity (Wildman–Crippen MR) is 90.4 cm³/mol. The van der Waals surface area contributed by atoms with E-state index in [9.17, 15) is 0 Å². The van der Waals surface area contributed by atoms with Gasteiger partial charge in [0.15, 0.2) is 0 Å². The van der Waals surface area contributed by atoms with Crippen molar-refractivity contribution in [1.82, 2.24) is 4.90 Å². The maximum atomic E-state index is 2.53. The van der Waals surface area contributed by atoms with E-state index in [0.717, 1.165) is 6.54 Å². The van der Waals surface area contributed by atoms with Crippen LogP contribution in [0.5, 0.6) is 0 Å². The molecule has 2 atom stereocenters. The number of benzene rings is 2. The van der Waals surface area contributed by atoms with Crippen LogP contribution in [0, 0.1) is 0 Å². The first kappa shape index (κ1) is 14.2. The average molecular weight is 280 g/mol. The summed E-state index contributed by atoms with van der Waals surface area (Å²) in [6.07, 6.45) is 1.18. The third-order valence-electron chi connectivity index (χ3n) is 4.50. The van der Waals surface area contributed by atoms with E-state index in [4.69, 9.17) is 0 Å². The van der Waals surface area contributed by atoms with Gasteiger partial charge in [0.1, 0.15) is 0 Å². The molecular weight excluding hydrogens is 256 g/mol. The van der Waals surface area contributed by atoms with Gasteiger partial charge in [0, 0.05) is 23.3 Å². The van der Waals surface area contributed by atoms with Crippen molar-refractivity contribution in [2.24, 2.45) is 0 Å². The van der Waals surface area contributed by atoms with Gasteiger partial charge in [-0.05, 0) is 50.8 Å². The zero-order valence-electron chi connectivity index (χ0n) is 13.2. The van der Waals surface area contributed by atoms with Gasteiger partial charge >= 0.3 is 0 Å². The fourth-order valence-corrected chi connectivity index (χ4v) is 3.39. The summed E-state index contributed by atoms with van der Waals surface area (Å²) >= 11 is 0. The number of nitrogens with zero attached hydrogens (tertiary/aromatic N) is 2. The van der Waals surface area contributed by atoms with Gasteiger partial charge in [0.05, 0.1) is 0 Å². The summed E-state index contributed by atoms with van der Waals surface area (Å²) in [7, 11) is 4.30. The zero-order chi connectivity index (χ0) is 14.8. The average Bonchev–Trinajstić information content (AvgIpc) is 2.79. The van der Waals surface area contributed by atoms with Crippen LogP contribution in [0.4, 0.5) is 11.4 Å². The minimum absolute atomic E-state index is 0.534. The molecule has 0 N–H and O–H groups in total. The van der Waals surface area contributed by atoms with Crippen molar-refractivity contribution in [3.63, 3.8) is 0 Å². The van der Waals surface area contributed by atoms with E-state index in [2.05, 4.69) is 85.4 Å². The van der Waals surface area contributed by atoms with E-state index >= 15 is 0 Å². The minimum Gasteiger partial charge on any atom is -0.337 e. The first-order valence-corrected chi connectivity index (χ1v) is 7.76. The number of hydrogen-bond acceptors (Lipinski definition) is 2. The fourth-order valence-electron chi connectivity index (χ4n) is 3.39. The van der Waals surface area contributed by atoms with Crippen molar-refractivity contribution >= 4 is 11.4 Å². The van der Waals surface area contributed by atoms with Crippen molar-refractivity contribution in [3.05, 3.63) is 60.2 Å².